The zero-order chi connectivity index (χ0) is 26.6. The van der Waals surface area contributed by atoms with Crippen LogP contribution in [0.25, 0.3) is 0 Å². The van der Waals surface area contributed by atoms with Gasteiger partial charge in [-0.15, -0.1) is 0 Å². The number of para-hydroxylation sites is 1. The summed E-state index contributed by atoms with van der Waals surface area (Å²) in [5.74, 6) is -5.41. The summed E-state index contributed by atoms with van der Waals surface area (Å²) in [5.41, 5.74) is 3.31. The lowest BCUT2D eigenvalue weighted by Crippen LogP contribution is -2.51. The Labute approximate surface area is 206 Å². The lowest BCUT2D eigenvalue weighted by Gasteiger charge is -2.36. The molecular weight excluding hydrogens is 476 g/mol. The van der Waals surface area contributed by atoms with Gasteiger partial charge in [-0.3, -0.25) is 19.3 Å². The highest BCUT2D eigenvalue weighted by molar-refractivity contribution is 6.23. The second-order valence-corrected chi connectivity index (χ2v) is 7.57. The number of rotatable bonds is 8. The van der Waals surface area contributed by atoms with E-state index < -0.39 is 65.2 Å². The van der Waals surface area contributed by atoms with Crippen molar-refractivity contribution in [1.29, 1.82) is 0 Å². The number of nitrogens with two attached hydrogens (primary N) is 1. The van der Waals surface area contributed by atoms with Gasteiger partial charge in [0.2, 0.25) is 11.8 Å². The fourth-order valence-corrected chi connectivity index (χ4v) is 4.34. The predicted octanol–water partition coefficient (Wildman–Crippen LogP) is 0.588. The molecule has 0 saturated carbocycles. The van der Waals surface area contributed by atoms with Gasteiger partial charge in [0.05, 0.1) is 27.4 Å². The van der Waals surface area contributed by atoms with Crippen molar-refractivity contribution in [3.8, 4) is 0 Å². The number of hydrogen-bond acceptors (Lipinski definition) is 11. The number of anilines is 1. The molecule has 1 spiro atoms. The van der Waals surface area contributed by atoms with Crippen LogP contribution in [-0.4, -0.2) is 63.8 Å². The maximum atomic E-state index is 14.3. The fourth-order valence-electron chi connectivity index (χ4n) is 4.34. The Morgan fingerprint density at radius 3 is 2.22 bits per heavy atom. The molecule has 1 aromatic rings. The van der Waals surface area contributed by atoms with Crippen molar-refractivity contribution < 1.29 is 47.7 Å². The molecule has 12 nitrogen and oxygen atoms in total. The number of ether oxygens (including phenoxy) is 5. The second kappa shape index (κ2) is 10.5. The highest BCUT2D eigenvalue weighted by Crippen LogP contribution is 2.54. The molecule has 1 atom stereocenters. The highest BCUT2D eigenvalue weighted by Gasteiger charge is 2.64. The van der Waals surface area contributed by atoms with Crippen LogP contribution in [0.4, 0.5) is 5.69 Å². The van der Waals surface area contributed by atoms with E-state index in [2.05, 4.69) is 0 Å². The molecule has 2 aliphatic rings. The number of methoxy groups -OCH3 is 2. The summed E-state index contributed by atoms with van der Waals surface area (Å²) in [4.78, 5) is 66.4. The first-order valence-electron chi connectivity index (χ1n) is 11.0. The Balaban J connectivity index is 2.42. The number of nitrogens with zero attached hydrogens (tertiary/aromatic N) is 1. The van der Waals surface area contributed by atoms with Crippen LogP contribution in [0, 0.1) is 0 Å². The predicted molar refractivity (Wildman–Crippen MR) is 122 cm³/mol. The summed E-state index contributed by atoms with van der Waals surface area (Å²) >= 11 is 0. The maximum Gasteiger partial charge on any atom is 0.341 e. The van der Waals surface area contributed by atoms with E-state index in [0.717, 1.165) is 19.1 Å². The minimum absolute atomic E-state index is 0.0685. The first-order valence-corrected chi connectivity index (χ1v) is 11.0. The zero-order valence-electron chi connectivity index (χ0n) is 20.2. The highest BCUT2D eigenvalue weighted by atomic mass is 16.5. The quantitative estimate of drug-likeness (QED) is 0.391. The second-order valence-electron chi connectivity index (χ2n) is 7.57. The van der Waals surface area contributed by atoms with Gasteiger partial charge in [-0.25, -0.2) is 9.59 Å². The minimum atomic E-state index is -2.24. The topological polar surface area (TPSA) is 161 Å². The molecular formula is C24H26N2O10. The molecule has 2 N–H and O–H groups in total. The van der Waals surface area contributed by atoms with Gasteiger partial charge < -0.3 is 29.4 Å². The van der Waals surface area contributed by atoms with Gasteiger partial charge in [0.25, 0.3) is 0 Å². The Hall–Kier alpha value is -4.35. The van der Waals surface area contributed by atoms with Crippen molar-refractivity contribution in [2.45, 2.75) is 25.7 Å². The summed E-state index contributed by atoms with van der Waals surface area (Å²) in [7, 11) is 2.19. The number of amides is 1. The van der Waals surface area contributed by atoms with Gasteiger partial charge in [0.1, 0.15) is 35.3 Å². The normalized spacial score (nSPS) is 18.6. The van der Waals surface area contributed by atoms with Crippen LogP contribution >= 0.6 is 0 Å². The van der Waals surface area contributed by atoms with Crippen molar-refractivity contribution >= 4 is 35.5 Å². The van der Waals surface area contributed by atoms with E-state index in [-0.39, 0.29) is 30.2 Å². The lowest BCUT2D eigenvalue weighted by atomic mass is 9.67. The monoisotopic (exact) mass is 502 g/mol. The van der Waals surface area contributed by atoms with E-state index in [0.29, 0.717) is 0 Å². The Bertz CT molecular complexity index is 1190. The first kappa shape index (κ1) is 26.3. The maximum absolute atomic E-state index is 14.3. The summed E-state index contributed by atoms with van der Waals surface area (Å²) in [5, 5.41) is 0. The Kier molecular flexibility index (Phi) is 7.66. The SMILES string of the molecule is CCOC(=O)CN1C(=O)[C@]2(C(C(=O)OCC)=C(N)OC(CC(=O)OC)=C2C(=O)OC)c2ccccc21. The molecule has 0 unspecified atom stereocenters. The average molecular weight is 502 g/mol. The average Bonchev–Trinajstić information content (AvgIpc) is 3.07. The molecule has 2 aliphatic heterocycles. The third kappa shape index (κ3) is 4.14. The number of carbonyl (C=O) groups excluding carboxylic acids is 5. The molecule has 1 amide bonds. The van der Waals surface area contributed by atoms with Gasteiger partial charge in [-0.1, -0.05) is 18.2 Å². The van der Waals surface area contributed by atoms with Crippen molar-refractivity contribution in [2.75, 3.05) is 38.9 Å². The van der Waals surface area contributed by atoms with E-state index in [1.165, 1.54) is 12.1 Å². The van der Waals surface area contributed by atoms with E-state index in [4.69, 9.17) is 29.4 Å². The van der Waals surface area contributed by atoms with Crippen LogP contribution in [-0.2, 0) is 53.1 Å². The van der Waals surface area contributed by atoms with Gasteiger partial charge in [0.15, 0.2) is 0 Å². The molecule has 2 heterocycles. The smallest absolute Gasteiger partial charge is 0.341 e. The third-order valence-electron chi connectivity index (χ3n) is 5.67. The number of carbonyl (C=O) groups is 5. The number of esters is 4. The van der Waals surface area contributed by atoms with Crippen molar-refractivity contribution in [1.82, 2.24) is 0 Å². The van der Waals surface area contributed by atoms with Crippen LogP contribution in [0.3, 0.4) is 0 Å². The Morgan fingerprint density at radius 1 is 0.944 bits per heavy atom. The van der Waals surface area contributed by atoms with Crippen LogP contribution in [0.1, 0.15) is 25.8 Å². The summed E-state index contributed by atoms with van der Waals surface area (Å²) in [6, 6.07) is 6.21. The van der Waals surface area contributed by atoms with Gasteiger partial charge in [0, 0.05) is 11.3 Å². The molecule has 0 bridgehead atoms. The fraction of sp³-hybridized carbons (Fsp3) is 0.375. The van der Waals surface area contributed by atoms with Crippen LogP contribution in [0.2, 0.25) is 0 Å². The Morgan fingerprint density at radius 2 is 1.61 bits per heavy atom. The zero-order valence-corrected chi connectivity index (χ0v) is 20.2. The van der Waals surface area contributed by atoms with Crippen LogP contribution in [0.15, 0.2) is 47.1 Å². The van der Waals surface area contributed by atoms with E-state index in [9.17, 15) is 24.0 Å². The first-order chi connectivity index (χ1) is 17.2. The molecule has 0 saturated heterocycles. The van der Waals surface area contributed by atoms with Crippen LogP contribution < -0.4 is 10.6 Å². The molecule has 0 aromatic heterocycles. The minimum Gasteiger partial charge on any atom is -0.469 e. The number of fused-ring (bicyclic) bond motifs is 2. The molecule has 0 fully saturated rings. The summed E-state index contributed by atoms with van der Waals surface area (Å²) in [6.07, 6.45) is -0.604. The number of hydrogen-bond donors (Lipinski definition) is 1. The van der Waals surface area contributed by atoms with Crippen molar-refractivity contribution in [3.63, 3.8) is 0 Å². The number of benzene rings is 1. The lowest BCUT2D eigenvalue weighted by molar-refractivity contribution is -0.143. The van der Waals surface area contributed by atoms with Gasteiger partial charge in [-0.05, 0) is 19.9 Å². The molecule has 1 aromatic carbocycles. The largest absolute Gasteiger partial charge is 0.469 e. The standard InChI is InChI=1S/C24H26N2O10/c1-5-34-17(28)12-26-14-10-8-7-9-13(14)24(23(26)31)18(21(29)33-4)15(11-16(27)32-3)36-20(25)19(24)22(30)35-6-2/h7-10H,5-6,11-12,25H2,1-4H3/t24-/m1/s1. The molecule has 36 heavy (non-hydrogen) atoms. The van der Waals surface area contributed by atoms with E-state index >= 15 is 0 Å². The summed E-state index contributed by atoms with van der Waals surface area (Å²) < 4.78 is 25.4. The van der Waals surface area contributed by atoms with Gasteiger partial charge >= 0.3 is 23.9 Å². The molecule has 0 radical (unpaired) electrons. The van der Waals surface area contributed by atoms with Crippen molar-refractivity contribution in [2.24, 2.45) is 5.73 Å². The van der Waals surface area contributed by atoms with Crippen molar-refractivity contribution in [3.05, 3.63) is 52.6 Å². The molecule has 192 valence electrons. The third-order valence-corrected chi connectivity index (χ3v) is 5.67. The van der Waals surface area contributed by atoms with Gasteiger partial charge in [-0.2, -0.15) is 0 Å². The molecule has 3 rings (SSSR count). The molecule has 12 heteroatoms. The van der Waals surface area contributed by atoms with Crippen LogP contribution in [0.5, 0.6) is 0 Å². The summed E-state index contributed by atoms with van der Waals surface area (Å²) in [6.45, 7) is 2.61. The molecule has 0 aliphatic carbocycles. The van der Waals surface area contributed by atoms with E-state index in [1.54, 1.807) is 26.0 Å². The van der Waals surface area contributed by atoms with E-state index in [1.807, 2.05) is 0 Å².